The molecule has 3 rings (SSSR count). The molecule has 2 aliphatic heterocycles. The Kier molecular flexibility index (Phi) is 2.81. The van der Waals surface area contributed by atoms with Crippen LogP contribution >= 0.6 is 11.8 Å². The number of aromatic amines is 1. The van der Waals surface area contributed by atoms with E-state index in [4.69, 9.17) is 0 Å². The van der Waals surface area contributed by atoms with Crippen molar-refractivity contribution >= 4 is 11.8 Å². The molecule has 0 bridgehead atoms. The number of thioether (sulfide) groups is 1. The number of H-pyrrole nitrogens is 1. The summed E-state index contributed by atoms with van der Waals surface area (Å²) in [4.78, 5) is 12.1. The van der Waals surface area contributed by atoms with Crippen LogP contribution in [0.1, 0.15) is 17.7 Å². The maximum atomic E-state index is 12.1. The van der Waals surface area contributed by atoms with Crippen LogP contribution < -0.4 is 10.9 Å². The molecule has 5 heteroatoms. The number of fused-ring (bicyclic) bond motifs is 1. The van der Waals surface area contributed by atoms with E-state index < -0.39 is 0 Å². The standard InChI is InChI=1S/C11H17N3OS/c15-11-9-2-4-16-7-10(9)13-14(11)6-8-1-3-12-5-8/h8,12-13H,1-7H2. The van der Waals surface area contributed by atoms with Crippen molar-refractivity contribution in [2.75, 3.05) is 18.8 Å². The fourth-order valence-electron chi connectivity index (χ4n) is 2.56. The Morgan fingerprint density at radius 2 is 2.44 bits per heavy atom. The first kappa shape index (κ1) is 10.5. The summed E-state index contributed by atoms with van der Waals surface area (Å²) in [6.45, 7) is 2.99. The maximum absolute atomic E-state index is 12.1. The molecule has 3 heterocycles. The molecule has 0 saturated carbocycles. The highest BCUT2D eigenvalue weighted by Gasteiger charge is 2.21. The third kappa shape index (κ3) is 1.82. The van der Waals surface area contributed by atoms with E-state index in [0.29, 0.717) is 5.92 Å². The van der Waals surface area contributed by atoms with Gasteiger partial charge in [-0.1, -0.05) is 0 Å². The van der Waals surface area contributed by atoms with E-state index in [1.165, 1.54) is 6.42 Å². The second kappa shape index (κ2) is 4.30. The molecule has 88 valence electrons. The van der Waals surface area contributed by atoms with E-state index >= 15 is 0 Å². The summed E-state index contributed by atoms with van der Waals surface area (Å²) in [6, 6.07) is 0. The minimum absolute atomic E-state index is 0.224. The van der Waals surface area contributed by atoms with Crippen LogP contribution in [0.4, 0.5) is 0 Å². The highest BCUT2D eigenvalue weighted by molar-refractivity contribution is 7.98. The molecule has 0 aliphatic carbocycles. The molecular formula is C11H17N3OS. The third-order valence-corrected chi connectivity index (χ3v) is 4.47. The number of hydrogen-bond acceptors (Lipinski definition) is 3. The van der Waals surface area contributed by atoms with E-state index in [1.54, 1.807) is 0 Å². The number of aromatic nitrogens is 2. The molecule has 0 amide bonds. The molecule has 4 nitrogen and oxygen atoms in total. The van der Waals surface area contributed by atoms with Crippen molar-refractivity contribution in [1.82, 2.24) is 15.1 Å². The van der Waals surface area contributed by atoms with Crippen LogP contribution in [0.2, 0.25) is 0 Å². The molecule has 2 aliphatic rings. The highest BCUT2D eigenvalue weighted by Crippen LogP contribution is 2.20. The Bertz CT molecular complexity index is 431. The molecule has 1 aromatic heterocycles. The van der Waals surface area contributed by atoms with Gasteiger partial charge in [0.15, 0.2) is 0 Å². The zero-order chi connectivity index (χ0) is 11.0. The molecule has 0 spiro atoms. The lowest BCUT2D eigenvalue weighted by atomic mass is 10.1. The lowest BCUT2D eigenvalue weighted by Crippen LogP contribution is -2.24. The smallest absolute Gasteiger partial charge is 0.269 e. The van der Waals surface area contributed by atoms with Crippen LogP contribution in [0.5, 0.6) is 0 Å². The first-order chi connectivity index (χ1) is 7.84. The van der Waals surface area contributed by atoms with Gasteiger partial charge in [0.25, 0.3) is 5.56 Å². The normalized spacial score (nSPS) is 24.6. The Morgan fingerprint density at radius 1 is 1.50 bits per heavy atom. The number of rotatable bonds is 2. The van der Waals surface area contributed by atoms with E-state index in [2.05, 4.69) is 10.4 Å². The monoisotopic (exact) mass is 239 g/mol. The van der Waals surface area contributed by atoms with Crippen molar-refractivity contribution in [1.29, 1.82) is 0 Å². The average Bonchev–Trinajstić information content (AvgIpc) is 2.90. The predicted molar refractivity (Wildman–Crippen MR) is 65.9 cm³/mol. The topological polar surface area (TPSA) is 49.8 Å². The molecule has 1 saturated heterocycles. The Morgan fingerprint density at radius 3 is 3.19 bits per heavy atom. The van der Waals surface area contributed by atoms with E-state index in [9.17, 15) is 4.79 Å². The lowest BCUT2D eigenvalue weighted by Gasteiger charge is -2.08. The summed E-state index contributed by atoms with van der Waals surface area (Å²) < 4.78 is 1.83. The van der Waals surface area contributed by atoms with Gasteiger partial charge in [-0.2, -0.15) is 11.8 Å². The molecular weight excluding hydrogens is 222 g/mol. The molecule has 1 atom stereocenters. The van der Waals surface area contributed by atoms with Gasteiger partial charge in [-0.15, -0.1) is 0 Å². The van der Waals surface area contributed by atoms with Gasteiger partial charge in [0.05, 0.1) is 5.69 Å². The largest absolute Gasteiger partial charge is 0.316 e. The van der Waals surface area contributed by atoms with Gasteiger partial charge in [0, 0.05) is 17.9 Å². The number of hydrogen-bond donors (Lipinski definition) is 2. The first-order valence-electron chi connectivity index (χ1n) is 5.93. The van der Waals surface area contributed by atoms with E-state index in [-0.39, 0.29) is 5.56 Å². The van der Waals surface area contributed by atoms with Gasteiger partial charge in [-0.05, 0) is 37.6 Å². The summed E-state index contributed by atoms with van der Waals surface area (Å²) in [5.74, 6) is 2.68. The minimum atomic E-state index is 0.224. The molecule has 1 fully saturated rings. The summed E-state index contributed by atoms with van der Waals surface area (Å²) in [6.07, 6.45) is 2.12. The van der Waals surface area contributed by atoms with Gasteiger partial charge < -0.3 is 5.32 Å². The highest BCUT2D eigenvalue weighted by atomic mass is 32.2. The number of nitrogens with one attached hydrogen (secondary N) is 2. The van der Waals surface area contributed by atoms with E-state index in [0.717, 1.165) is 48.8 Å². The van der Waals surface area contributed by atoms with Gasteiger partial charge in [-0.3, -0.25) is 14.6 Å². The molecule has 1 unspecified atom stereocenters. The van der Waals surface area contributed by atoms with Crippen molar-refractivity contribution < 1.29 is 0 Å². The Hall–Kier alpha value is -0.680. The SMILES string of the molecule is O=c1c2c([nH]n1CC1CCNC1)CSCC2. The summed E-state index contributed by atoms with van der Waals surface area (Å²) >= 11 is 1.91. The van der Waals surface area contributed by atoms with Crippen molar-refractivity contribution in [2.45, 2.75) is 25.1 Å². The third-order valence-electron chi connectivity index (χ3n) is 3.48. The van der Waals surface area contributed by atoms with Gasteiger partial charge in [0.2, 0.25) is 0 Å². The van der Waals surface area contributed by atoms with Crippen LogP contribution in [0.25, 0.3) is 0 Å². The maximum Gasteiger partial charge on any atom is 0.269 e. The summed E-state index contributed by atoms with van der Waals surface area (Å²) in [5, 5.41) is 6.62. The molecule has 2 N–H and O–H groups in total. The van der Waals surface area contributed by atoms with Crippen molar-refractivity contribution in [3.8, 4) is 0 Å². The van der Waals surface area contributed by atoms with Gasteiger partial charge in [0.1, 0.15) is 0 Å². The zero-order valence-electron chi connectivity index (χ0n) is 9.29. The van der Waals surface area contributed by atoms with Gasteiger partial charge in [-0.25, -0.2) is 0 Å². The van der Waals surface area contributed by atoms with E-state index in [1.807, 2.05) is 16.4 Å². The second-order valence-corrected chi connectivity index (χ2v) is 5.75. The molecule has 0 radical (unpaired) electrons. The van der Waals surface area contributed by atoms with Gasteiger partial charge >= 0.3 is 0 Å². The lowest BCUT2D eigenvalue weighted by molar-refractivity contribution is 0.439. The minimum Gasteiger partial charge on any atom is -0.316 e. The molecule has 1 aromatic rings. The van der Waals surface area contributed by atoms with Crippen LogP contribution in [-0.4, -0.2) is 28.6 Å². The molecule has 0 aromatic carbocycles. The van der Waals surface area contributed by atoms with Crippen molar-refractivity contribution in [2.24, 2.45) is 5.92 Å². The Balaban J connectivity index is 1.84. The second-order valence-electron chi connectivity index (χ2n) is 4.65. The molecule has 16 heavy (non-hydrogen) atoms. The zero-order valence-corrected chi connectivity index (χ0v) is 10.1. The Labute approximate surface area is 98.8 Å². The predicted octanol–water partition coefficient (Wildman–Crippen LogP) is 0.575. The first-order valence-corrected chi connectivity index (χ1v) is 7.09. The average molecular weight is 239 g/mol. The fraction of sp³-hybridized carbons (Fsp3) is 0.727. The fourth-order valence-corrected chi connectivity index (χ4v) is 3.49. The number of nitrogens with zero attached hydrogens (tertiary/aromatic N) is 1. The quantitative estimate of drug-likeness (QED) is 0.793. The van der Waals surface area contributed by atoms with Crippen LogP contribution in [-0.2, 0) is 18.7 Å². The van der Waals surface area contributed by atoms with Crippen molar-refractivity contribution in [3.63, 3.8) is 0 Å². The van der Waals surface area contributed by atoms with Crippen LogP contribution in [0.15, 0.2) is 4.79 Å². The summed E-state index contributed by atoms with van der Waals surface area (Å²) in [5.41, 5.74) is 2.42. The van der Waals surface area contributed by atoms with Crippen LogP contribution in [0, 0.1) is 5.92 Å². The summed E-state index contributed by atoms with van der Waals surface area (Å²) in [7, 11) is 0. The van der Waals surface area contributed by atoms with Crippen LogP contribution in [0.3, 0.4) is 0 Å². The van der Waals surface area contributed by atoms with Crippen molar-refractivity contribution in [3.05, 3.63) is 21.6 Å².